The van der Waals surface area contributed by atoms with Crippen molar-refractivity contribution in [3.8, 4) is 0 Å². The predicted octanol–water partition coefficient (Wildman–Crippen LogP) is 26.0. The van der Waals surface area contributed by atoms with E-state index in [9.17, 15) is 14.4 Å². The van der Waals surface area contributed by atoms with E-state index < -0.39 is 62.9 Å². The number of alkyl carbamates (subject to hydrolysis) is 1. The van der Waals surface area contributed by atoms with E-state index in [1.165, 1.54) is 180 Å². The zero-order chi connectivity index (χ0) is 78.5. The fourth-order valence-corrected chi connectivity index (χ4v) is 18.1. The number of amides is 1. The highest BCUT2D eigenvalue weighted by Crippen LogP contribution is 2.42. The molecule has 0 aliphatic rings. The van der Waals surface area contributed by atoms with Crippen LogP contribution in [0.5, 0.6) is 0 Å². The third-order valence-electron chi connectivity index (χ3n) is 23.3. The number of nitrogens with zero attached hydrogens (tertiary/aromatic N) is 2. The van der Waals surface area contributed by atoms with Crippen LogP contribution in [0.4, 0.5) is 4.79 Å². The zero-order valence-corrected chi connectivity index (χ0v) is 77.9. The first-order valence-electron chi connectivity index (χ1n) is 43.4. The van der Waals surface area contributed by atoms with Crippen LogP contribution in [0.25, 0.3) is 0 Å². The van der Waals surface area contributed by atoms with Crippen LogP contribution in [0.2, 0.25) is 72.5 Å². The lowest BCUT2D eigenvalue weighted by Crippen LogP contribution is -2.51. The van der Waals surface area contributed by atoms with Crippen LogP contribution in [0, 0.1) is 0 Å². The van der Waals surface area contributed by atoms with Gasteiger partial charge in [0.2, 0.25) is 6.04 Å². The summed E-state index contributed by atoms with van der Waals surface area (Å²) in [4.78, 5) is 47.8. The van der Waals surface area contributed by atoms with Crippen molar-refractivity contribution in [2.75, 3.05) is 52.5 Å². The predicted molar refractivity (Wildman–Crippen MR) is 454 cm³/mol. The maximum atomic E-state index is 14.5. The summed E-state index contributed by atoms with van der Waals surface area (Å²) in [6, 6.07) is -1.71. The maximum absolute atomic E-state index is 14.5. The third-order valence-corrected chi connectivity index (χ3v) is 41.4. The van der Waals surface area contributed by atoms with Gasteiger partial charge in [-0.1, -0.05) is 316 Å². The molecule has 0 saturated carbocycles. The minimum Gasteiger partial charge on any atom is -0.464 e. The summed E-state index contributed by atoms with van der Waals surface area (Å²) in [5, 5.41) is 2.78. The van der Waals surface area contributed by atoms with Gasteiger partial charge < -0.3 is 31.9 Å². The van der Waals surface area contributed by atoms with Gasteiger partial charge in [-0.25, -0.2) is 14.4 Å². The molecule has 0 saturated heterocycles. The van der Waals surface area contributed by atoms with Gasteiger partial charge in [0.15, 0.2) is 33.3 Å². The van der Waals surface area contributed by atoms with Crippen molar-refractivity contribution in [2.24, 2.45) is 0 Å². The van der Waals surface area contributed by atoms with E-state index in [4.69, 9.17) is 31.9 Å². The topological polar surface area (TPSA) is 134 Å². The first-order chi connectivity index (χ1) is 47.9. The Hall–Kier alpha value is -1.16. The van der Waals surface area contributed by atoms with Gasteiger partial charge in [0.05, 0.1) is 37.6 Å². The van der Waals surface area contributed by atoms with Gasteiger partial charge in [0.25, 0.3) is 0 Å². The second-order valence-electron chi connectivity index (χ2n) is 38.7. The van der Waals surface area contributed by atoms with Crippen molar-refractivity contribution >= 4 is 51.3 Å². The molecule has 103 heavy (non-hydrogen) atoms. The number of carbonyl (C=O) groups excluding carboxylic acids is 3. The Bertz CT molecular complexity index is 1890. The summed E-state index contributed by atoms with van der Waals surface area (Å²) >= 11 is 0. The van der Waals surface area contributed by atoms with Crippen molar-refractivity contribution in [1.82, 2.24) is 15.1 Å². The molecule has 13 nitrogen and oxygen atoms in total. The number of carbonyl (C=O) groups is 3. The Labute approximate surface area is 645 Å². The molecule has 17 heteroatoms. The van der Waals surface area contributed by atoms with E-state index in [0.29, 0.717) is 25.9 Å². The molecule has 0 aliphatic carbocycles. The minimum atomic E-state index is -2.18. The van der Waals surface area contributed by atoms with Crippen molar-refractivity contribution in [3.63, 3.8) is 0 Å². The van der Waals surface area contributed by atoms with E-state index >= 15 is 0 Å². The molecule has 0 fully saturated rings. The molecule has 0 heterocycles. The molecular weight excluding hydrogens is 1350 g/mol. The molecule has 614 valence electrons. The molecule has 0 rings (SSSR count). The van der Waals surface area contributed by atoms with E-state index in [0.717, 1.165) is 77.5 Å². The summed E-state index contributed by atoms with van der Waals surface area (Å²) < 4.78 is 47.6. The lowest BCUT2D eigenvalue weighted by Gasteiger charge is -2.42. The summed E-state index contributed by atoms with van der Waals surface area (Å²) in [6.45, 7) is 65.9. The molecule has 0 bridgehead atoms. The molecule has 1 amide bonds. The van der Waals surface area contributed by atoms with Crippen molar-refractivity contribution in [2.45, 2.75) is 484 Å². The Balaban J connectivity index is 7.37. The summed E-state index contributed by atoms with van der Waals surface area (Å²) in [6.07, 6.45) is 44.6. The Morgan fingerprint density at radius 2 is 0.515 bits per heavy atom. The van der Waals surface area contributed by atoms with E-state index in [2.05, 4.69) is 178 Å². The fourth-order valence-electron chi connectivity index (χ4n) is 12.5. The Morgan fingerprint density at radius 3 is 0.709 bits per heavy atom. The molecule has 1 N–H and O–H groups in total. The molecule has 0 radical (unpaired) electrons. The number of esters is 2. The van der Waals surface area contributed by atoms with E-state index in [1.807, 2.05) is 0 Å². The number of nitrogens with one attached hydrogen (secondary N) is 1. The van der Waals surface area contributed by atoms with E-state index in [1.54, 1.807) is 20.8 Å². The summed E-state index contributed by atoms with van der Waals surface area (Å²) in [5.74, 6) is -1.71. The maximum Gasteiger partial charge on any atom is 0.408 e. The van der Waals surface area contributed by atoms with Crippen molar-refractivity contribution in [1.29, 1.82) is 0 Å². The first-order valence-corrected chi connectivity index (χ1v) is 55.0. The van der Waals surface area contributed by atoms with Crippen LogP contribution >= 0.6 is 0 Å². The lowest BCUT2D eigenvalue weighted by atomic mass is 10.0. The highest BCUT2D eigenvalue weighted by atomic mass is 28.4. The average Bonchev–Trinajstić information content (AvgIpc) is 0.846. The van der Waals surface area contributed by atoms with Crippen LogP contribution in [0.3, 0.4) is 0 Å². The molecule has 0 aromatic carbocycles. The molecule has 0 aromatic rings. The van der Waals surface area contributed by atoms with Gasteiger partial charge in [0, 0.05) is 39.3 Å². The van der Waals surface area contributed by atoms with E-state index in [-0.39, 0.29) is 57.8 Å². The largest absolute Gasteiger partial charge is 0.464 e. The smallest absolute Gasteiger partial charge is 0.408 e. The molecule has 0 aliphatic heterocycles. The summed E-state index contributed by atoms with van der Waals surface area (Å²) in [7, 11) is -8.71. The standard InChI is InChI=1S/C86H179N3O10Si4/c1-28-32-36-40-44-48-52-56-62-74(96-100(20,21)83(8,9)10)70-88(71-75(97-101(22,23)84(11,12)13)63-57-53-49-45-41-37-33-29-2)66-60-68-93-79(90)78(87-81(92)95-82(5,6)7)80(91)94-69-61-67-89(72-76(98-102(24,25)85(14,15)16)64-58-54-50-46-42-38-34-30-3)73-77(99-103(26,27)86(17,18)19)65-59-55-51-47-43-39-35-31-4/h74-78H,28-73H2,1-27H3,(H,87,92). The molecular formula is C86H179N3O10Si4. The van der Waals surface area contributed by atoms with Crippen molar-refractivity contribution in [3.05, 3.63) is 0 Å². The second kappa shape index (κ2) is 53.7. The molecule has 0 spiro atoms. The number of hydrogen-bond donors (Lipinski definition) is 1. The average molecular weight is 1530 g/mol. The Morgan fingerprint density at radius 1 is 0.311 bits per heavy atom. The highest BCUT2D eigenvalue weighted by molar-refractivity contribution is 6.75. The highest BCUT2D eigenvalue weighted by Gasteiger charge is 2.44. The minimum absolute atomic E-state index is 0.0398. The summed E-state index contributed by atoms with van der Waals surface area (Å²) in [5.41, 5.74) is -0.878. The van der Waals surface area contributed by atoms with Crippen LogP contribution in [0.1, 0.15) is 376 Å². The molecule has 4 unspecified atom stereocenters. The monoisotopic (exact) mass is 1530 g/mol. The fraction of sp³-hybridized carbons (Fsp3) is 0.965. The van der Waals surface area contributed by atoms with Gasteiger partial charge >= 0.3 is 18.0 Å². The Kier molecular flexibility index (Phi) is 53.1. The number of rotatable bonds is 63. The number of hydrogen-bond acceptors (Lipinski definition) is 12. The van der Waals surface area contributed by atoms with Crippen LogP contribution in [0.15, 0.2) is 0 Å². The van der Waals surface area contributed by atoms with Crippen LogP contribution in [-0.2, 0) is 41.5 Å². The first kappa shape index (κ1) is 102. The molecule has 4 atom stereocenters. The van der Waals surface area contributed by atoms with Gasteiger partial charge in [-0.3, -0.25) is 15.1 Å². The SMILES string of the molecule is CCCCCCCCCCC(CN(CCCOC(=O)C(NC(=O)OC(C)(C)C)C(=O)OCCCN(CC(CCCCCCCCCC)O[Si](C)(C)C(C)(C)C)CC(CCCCCCCCCC)O[Si](C)(C)C(C)(C)C)CC(CCCCCCCCCC)O[Si](C)(C)C(C)(C)C)O[Si](C)(C)C(C)(C)C. The van der Waals surface area contributed by atoms with Gasteiger partial charge in [-0.2, -0.15) is 0 Å². The number of unbranched alkanes of at least 4 members (excludes halogenated alkanes) is 28. The quantitative estimate of drug-likeness (QED) is 0.0204. The molecule has 0 aromatic heterocycles. The van der Waals surface area contributed by atoms with Crippen LogP contribution in [-0.4, -0.2) is 150 Å². The lowest BCUT2D eigenvalue weighted by molar-refractivity contribution is -0.158. The van der Waals surface area contributed by atoms with Crippen molar-refractivity contribution < 1.29 is 46.3 Å². The van der Waals surface area contributed by atoms with Crippen LogP contribution < -0.4 is 5.32 Å². The third kappa shape index (κ3) is 49.0. The number of ether oxygens (including phenoxy) is 3. The van der Waals surface area contributed by atoms with Gasteiger partial charge in [-0.05, 0) is 132 Å². The van der Waals surface area contributed by atoms with Gasteiger partial charge in [-0.15, -0.1) is 0 Å². The normalized spacial score (nSPS) is 14.8. The zero-order valence-electron chi connectivity index (χ0n) is 73.9. The van der Waals surface area contributed by atoms with Gasteiger partial charge in [0.1, 0.15) is 5.60 Å². The second-order valence-corrected chi connectivity index (χ2v) is 57.7.